The van der Waals surface area contributed by atoms with Crippen LogP contribution in [-0.2, 0) is 36.0 Å². The molecule has 238 valence electrons. The average Bonchev–Trinajstić information content (AvgIpc) is 3.49. The number of ether oxygens (including phenoxy) is 7. The fourth-order valence-electron chi connectivity index (χ4n) is 4.29. The van der Waals surface area contributed by atoms with Crippen LogP contribution in [0.5, 0.6) is 23.0 Å². The zero-order valence-electron chi connectivity index (χ0n) is 24.4. The Balaban J connectivity index is 1.76. The molecule has 0 atom stereocenters. The molecule has 4 aromatic rings. The third-order valence-corrected chi connectivity index (χ3v) is 6.59. The van der Waals surface area contributed by atoms with Crippen LogP contribution in [0.1, 0.15) is 32.2 Å². The number of esters is 2. The van der Waals surface area contributed by atoms with Crippen molar-refractivity contribution in [3.05, 3.63) is 46.9 Å². The lowest BCUT2D eigenvalue weighted by atomic mass is 10.1. The van der Waals surface area contributed by atoms with Crippen LogP contribution >= 0.6 is 0 Å². The summed E-state index contributed by atoms with van der Waals surface area (Å²) >= 11 is 0. The van der Waals surface area contributed by atoms with Gasteiger partial charge in [0.2, 0.25) is 0 Å². The Labute approximate surface area is 251 Å². The van der Waals surface area contributed by atoms with Crippen molar-refractivity contribution in [2.45, 2.75) is 13.5 Å². The Kier molecular flexibility index (Phi) is 10.2. The number of carbonyl (C=O) groups is 2. The number of methoxy groups -OCH3 is 4. The molecule has 0 aliphatic heterocycles. The smallest absolute Gasteiger partial charge is 0.446 e. The van der Waals surface area contributed by atoms with Crippen molar-refractivity contribution in [1.29, 1.82) is 0 Å². The molecule has 0 saturated carbocycles. The number of hydrogen-bond acceptors (Lipinski definition) is 14. The summed E-state index contributed by atoms with van der Waals surface area (Å²) in [5, 5.41) is 0.473. The lowest BCUT2D eigenvalue weighted by Gasteiger charge is -2.11. The molecule has 2 aromatic heterocycles. The van der Waals surface area contributed by atoms with E-state index in [0.29, 0.717) is 16.7 Å². The van der Waals surface area contributed by atoms with Gasteiger partial charge in [-0.3, -0.25) is 4.55 Å². The Morgan fingerprint density at radius 2 is 1.25 bits per heavy atom. The van der Waals surface area contributed by atoms with Gasteiger partial charge in [-0.15, -0.1) is 0 Å². The van der Waals surface area contributed by atoms with Crippen LogP contribution in [0.2, 0.25) is 0 Å². The van der Waals surface area contributed by atoms with Crippen molar-refractivity contribution in [2.75, 3.05) is 54.9 Å². The first-order chi connectivity index (χ1) is 21.0. The highest BCUT2D eigenvalue weighted by Gasteiger charge is 2.27. The van der Waals surface area contributed by atoms with E-state index in [4.69, 9.17) is 42.0 Å². The maximum Gasteiger partial charge on any atom is 0.446 e. The van der Waals surface area contributed by atoms with E-state index in [1.807, 2.05) is 0 Å². The summed E-state index contributed by atoms with van der Waals surface area (Å²) in [4.78, 5) is 26.0. The van der Waals surface area contributed by atoms with E-state index >= 15 is 0 Å². The summed E-state index contributed by atoms with van der Waals surface area (Å²) in [7, 11) is 0.631. The van der Waals surface area contributed by atoms with Gasteiger partial charge >= 0.3 is 22.3 Å². The summed E-state index contributed by atoms with van der Waals surface area (Å²) in [6, 6.07) is 5.47. The van der Waals surface area contributed by atoms with Crippen LogP contribution in [0, 0.1) is 6.92 Å². The molecule has 0 aliphatic carbocycles. The fraction of sp³-hybridized carbons (Fsp3) is 0.357. The first kappa shape index (κ1) is 32.4. The minimum absolute atomic E-state index is 0.0156. The number of carbonyl (C=O) groups excluding carboxylic acids is 2. The molecule has 0 radical (unpaired) electrons. The summed E-state index contributed by atoms with van der Waals surface area (Å²) in [5.74, 6) is -1.26. The second-order valence-corrected chi connectivity index (χ2v) is 10.0. The highest BCUT2D eigenvalue weighted by Crippen LogP contribution is 2.40. The molecular formula is C28H30O15S. The van der Waals surface area contributed by atoms with E-state index < -0.39 is 28.1 Å². The first-order valence-electron chi connectivity index (χ1n) is 12.9. The zero-order valence-corrected chi connectivity index (χ0v) is 25.2. The van der Waals surface area contributed by atoms with Gasteiger partial charge in [-0.2, -0.15) is 8.42 Å². The molecule has 0 fully saturated rings. The number of hydrogen-bond donors (Lipinski definition) is 1. The Hall–Kier alpha value is -4.51. The van der Waals surface area contributed by atoms with Gasteiger partial charge in [0.1, 0.15) is 47.9 Å². The lowest BCUT2D eigenvalue weighted by molar-refractivity contribution is 0.0379. The number of rotatable bonds is 15. The van der Waals surface area contributed by atoms with E-state index in [9.17, 15) is 22.6 Å². The Morgan fingerprint density at radius 1 is 0.727 bits per heavy atom. The van der Waals surface area contributed by atoms with Gasteiger partial charge in [-0.25, -0.2) is 9.59 Å². The summed E-state index contributed by atoms with van der Waals surface area (Å²) in [6.45, 7) is 1.52. The molecule has 0 saturated heterocycles. The second-order valence-electron chi connectivity index (χ2n) is 8.99. The summed E-state index contributed by atoms with van der Waals surface area (Å²) < 4.78 is 85.4. The van der Waals surface area contributed by atoms with Crippen molar-refractivity contribution in [1.82, 2.24) is 0 Å². The van der Waals surface area contributed by atoms with Gasteiger partial charge in [-0.1, -0.05) is 0 Å². The quantitative estimate of drug-likeness (QED) is 0.112. The molecule has 0 spiro atoms. The number of aryl methyl sites for hydroxylation is 1. The molecule has 0 unspecified atom stereocenters. The molecule has 2 aromatic carbocycles. The summed E-state index contributed by atoms with van der Waals surface area (Å²) in [5.41, 5.74) is 0.513. The first-order valence-corrected chi connectivity index (χ1v) is 14.2. The highest BCUT2D eigenvalue weighted by atomic mass is 32.3. The minimum atomic E-state index is -4.94. The molecule has 0 aliphatic rings. The van der Waals surface area contributed by atoms with Crippen LogP contribution in [0.4, 0.5) is 0 Å². The zero-order chi connectivity index (χ0) is 32.0. The van der Waals surface area contributed by atoms with Crippen LogP contribution in [0.3, 0.4) is 0 Å². The number of fused-ring (bicyclic) bond motifs is 2. The monoisotopic (exact) mass is 638 g/mol. The number of benzene rings is 2. The Bertz CT molecular complexity index is 1770. The summed E-state index contributed by atoms with van der Waals surface area (Å²) in [6.07, 6.45) is 0. The van der Waals surface area contributed by atoms with Gasteiger partial charge in [0, 0.05) is 37.1 Å². The van der Waals surface area contributed by atoms with Crippen molar-refractivity contribution in [3.63, 3.8) is 0 Å². The average molecular weight is 639 g/mol. The van der Waals surface area contributed by atoms with Crippen LogP contribution in [0.25, 0.3) is 21.9 Å². The molecule has 4 rings (SSSR count). The van der Waals surface area contributed by atoms with Crippen molar-refractivity contribution >= 4 is 44.3 Å². The molecule has 15 nitrogen and oxygen atoms in total. The van der Waals surface area contributed by atoms with E-state index in [1.165, 1.54) is 46.6 Å². The molecule has 2 heterocycles. The van der Waals surface area contributed by atoms with Gasteiger partial charge in [0.05, 0.1) is 27.4 Å². The van der Waals surface area contributed by atoms with Crippen molar-refractivity contribution in [2.24, 2.45) is 0 Å². The SMILES string of the molecule is COCCOC(=O)c1c(C)oc2cc(OC)c(OCc3oc4cc(OC)c(OS(=O)(=O)O)cc4c3C(=O)OCCOC)cc12. The molecular weight excluding hydrogens is 608 g/mol. The largest absolute Gasteiger partial charge is 0.493 e. The highest BCUT2D eigenvalue weighted by molar-refractivity contribution is 7.81. The third-order valence-electron chi connectivity index (χ3n) is 6.20. The topological polar surface area (TPSA) is 189 Å². The normalized spacial score (nSPS) is 11.5. The fourth-order valence-corrected chi connectivity index (χ4v) is 4.65. The third kappa shape index (κ3) is 7.16. The molecule has 0 amide bonds. The van der Waals surface area contributed by atoms with Gasteiger partial charge in [0.15, 0.2) is 28.8 Å². The van der Waals surface area contributed by atoms with Crippen molar-refractivity contribution < 1.29 is 68.7 Å². The van der Waals surface area contributed by atoms with Crippen LogP contribution in [0.15, 0.2) is 33.1 Å². The second kappa shape index (κ2) is 13.9. The Morgan fingerprint density at radius 3 is 1.82 bits per heavy atom. The van der Waals surface area contributed by atoms with E-state index in [2.05, 4.69) is 4.18 Å². The predicted octanol–water partition coefficient (Wildman–Crippen LogP) is 3.87. The maximum absolute atomic E-state index is 13.2. The van der Waals surface area contributed by atoms with Crippen LogP contribution in [-0.4, -0.2) is 79.8 Å². The predicted molar refractivity (Wildman–Crippen MR) is 151 cm³/mol. The van der Waals surface area contributed by atoms with Crippen molar-refractivity contribution in [3.8, 4) is 23.0 Å². The van der Waals surface area contributed by atoms with Gasteiger partial charge in [0.25, 0.3) is 0 Å². The van der Waals surface area contributed by atoms with E-state index in [0.717, 1.165) is 6.07 Å². The van der Waals surface area contributed by atoms with Gasteiger partial charge < -0.3 is 46.2 Å². The molecule has 44 heavy (non-hydrogen) atoms. The van der Waals surface area contributed by atoms with Gasteiger partial charge in [-0.05, 0) is 19.1 Å². The van der Waals surface area contributed by atoms with Crippen LogP contribution < -0.4 is 18.4 Å². The molecule has 1 N–H and O–H groups in total. The molecule has 16 heteroatoms. The van der Waals surface area contributed by atoms with E-state index in [-0.39, 0.29) is 78.1 Å². The number of furan rings is 2. The minimum Gasteiger partial charge on any atom is -0.493 e. The maximum atomic E-state index is 13.2. The van der Waals surface area contributed by atoms with E-state index in [1.54, 1.807) is 6.92 Å². The molecule has 0 bridgehead atoms. The lowest BCUT2D eigenvalue weighted by Crippen LogP contribution is -2.12. The standard InChI is InChI=1S/C28H30O15S/c1-15-25(27(29)38-8-6-34-2)16-10-22(20(36-4)12-18(16)41-15)40-14-24-26(28(30)39-9-7-35-3)17-11-23(43-44(31,32)33)21(37-5)13-19(17)42-24/h10-13H,6-9,14H2,1-5H3,(H,31,32,33).